The lowest BCUT2D eigenvalue weighted by atomic mass is 9.76. The maximum Gasteiger partial charge on any atom is 0.331 e. The van der Waals surface area contributed by atoms with E-state index >= 15 is 0 Å². The summed E-state index contributed by atoms with van der Waals surface area (Å²) >= 11 is 0. The van der Waals surface area contributed by atoms with E-state index in [2.05, 4.69) is 10.0 Å². The smallest absolute Gasteiger partial charge is 0.331 e. The van der Waals surface area contributed by atoms with Crippen molar-refractivity contribution in [2.75, 3.05) is 5.32 Å². The number of hydrogen-bond donors (Lipinski definition) is 3. The molecule has 6 nitrogen and oxygen atoms in total. The number of benzene rings is 1. The van der Waals surface area contributed by atoms with Crippen molar-refractivity contribution in [1.82, 2.24) is 4.72 Å². The van der Waals surface area contributed by atoms with Crippen LogP contribution in [-0.2, 0) is 16.6 Å². The summed E-state index contributed by atoms with van der Waals surface area (Å²) in [5.74, 6) is 0.678. The number of amides is 2. The Hall–Kier alpha value is -2.19. The number of fused-ring (bicyclic) bond motifs is 4. The molecule has 8 heteroatoms. The van der Waals surface area contributed by atoms with E-state index in [4.69, 9.17) is 4.42 Å². The summed E-state index contributed by atoms with van der Waals surface area (Å²) in [5, 5.41) is 13.9. The number of carbonyl (C=O) groups excluding carboxylic acids is 1. The van der Waals surface area contributed by atoms with Crippen LogP contribution in [-0.4, -0.2) is 15.3 Å². The van der Waals surface area contributed by atoms with Crippen LogP contribution >= 0.6 is 0 Å². The summed E-state index contributed by atoms with van der Waals surface area (Å²) in [6.45, 7) is 9.47. The Morgan fingerprint density at radius 3 is 2.41 bits per heavy atom. The highest BCUT2D eigenvalue weighted by Crippen LogP contribution is 2.54. The Labute approximate surface area is 190 Å². The Bertz CT molecular complexity index is 1050. The van der Waals surface area contributed by atoms with Crippen molar-refractivity contribution in [2.24, 2.45) is 5.92 Å². The van der Waals surface area contributed by atoms with Gasteiger partial charge in [0.15, 0.2) is 11.0 Å². The van der Waals surface area contributed by atoms with Gasteiger partial charge < -0.3 is 14.8 Å². The van der Waals surface area contributed by atoms with Gasteiger partial charge in [-0.05, 0) is 67.2 Å². The molecule has 1 fully saturated rings. The number of aliphatic hydroxyl groups is 1. The standard InChI is InChI=1S/C24H31FN2O4S/c1-12(2)17-9-16(25)10-18(13(3)4)21(17)26-23(28)27-32(30)20-11-19-22(31-20)14-6-7-15(8-14)24(19,5)29/h9-15,29H,6-8H2,1-5H3,(H2,26,27,28). The van der Waals surface area contributed by atoms with Gasteiger partial charge in [0.1, 0.15) is 11.6 Å². The molecule has 4 unspecified atom stereocenters. The number of furan rings is 1. The van der Waals surface area contributed by atoms with Gasteiger partial charge in [0.25, 0.3) is 0 Å². The number of carbonyl (C=O) groups is 1. The molecule has 4 rings (SSSR count). The SMILES string of the molecule is CC(C)c1cc(F)cc(C(C)C)c1NC(=O)NS(=O)c1cc2c(o1)C1CCC(C1)C2(C)O. The molecule has 4 atom stereocenters. The van der Waals surface area contributed by atoms with E-state index in [1.165, 1.54) is 12.1 Å². The molecule has 1 heterocycles. The van der Waals surface area contributed by atoms with Crippen LogP contribution in [0.1, 0.15) is 94.1 Å². The third kappa shape index (κ3) is 3.99. The second-order valence-electron chi connectivity index (χ2n) is 9.79. The van der Waals surface area contributed by atoms with Gasteiger partial charge in [-0.2, -0.15) is 0 Å². The molecule has 0 spiro atoms. The van der Waals surface area contributed by atoms with Gasteiger partial charge >= 0.3 is 6.03 Å². The van der Waals surface area contributed by atoms with Gasteiger partial charge in [0.05, 0.1) is 5.60 Å². The third-order valence-corrected chi connectivity index (χ3v) is 7.83. The molecule has 1 aromatic heterocycles. The fourth-order valence-electron chi connectivity index (χ4n) is 5.10. The molecule has 2 amide bonds. The minimum absolute atomic E-state index is 0.0153. The van der Waals surface area contributed by atoms with Crippen molar-refractivity contribution in [3.8, 4) is 0 Å². The van der Waals surface area contributed by atoms with Crippen LogP contribution in [0.5, 0.6) is 0 Å². The number of anilines is 1. The van der Waals surface area contributed by atoms with Crippen LogP contribution < -0.4 is 10.0 Å². The second kappa shape index (κ2) is 8.30. The molecule has 0 saturated heterocycles. The Morgan fingerprint density at radius 2 is 1.81 bits per heavy atom. The molecule has 1 aromatic carbocycles. The van der Waals surface area contributed by atoms with E-state index in [-0.39, 0.29) is 34.6 Å². The summed E-state index contributed by atoms with van der Waals surface area (Å²) in [7, 11) is -1.94. The van der Waals surface area contributed by atoms with E-state index in [1.54, 1.807) is 13.0 Å². The van der Waals surface area contributed by atoms with Crippen LogP contribution in [0.4, 0.5) is 14.9 Å². The zero-order valence-corrected chi connectivity index (χ0v) is 19.9. The quantitative estimate of drug-likeness (QED) is 0.538. The average Bonchev–Trinajstić information content (AvgIpc) is 3.34. The number of hydrogen-bond acceptors (Lipinski definition) is 4. The van der Waals surface area contributed by atoms with Crippen molar-refractivity contribution < 1.29 is 22.9 Å². The number of rotatable bonds is 5. The number of nitrogens with one attached hydrogen (secondary N) is 2. The molecule has 2 aromatic rings. The summed E-state index contributed by atoms with van der Waals surface area (Å²) in [6.07, 6.45) is 2.73. The lowest BCUT2D eigenvalue weighted by molar-refractivity contribution is -0.0115. The monoisotopic (exact) mass is 462 g/mol. The molecule has 32 heavy (non-hydrogen) atoms. The fraction of sp³-hybridized carbons (Fsp3) is 0.542. The molecule has 3 N–H and O–H groups in total. The third-order valence-electron chi connectivity index (χ3n) is 6.90. The van der Waals surface area contributed by atoms with Crippen molar-refractivity contribution in [1.29, 1.82) is 0 Å². The molecule has 2 aliphatic rings. The fourth-order valence-corrected chi connectivity index (χ4v) is 5.81. The molecule has 0 radical (unpaired) electrons. The van der Waals surface area contributed by atoms with E-state index in [1.807, 2.05) is 27.7 Å². The topological polar surface area (TPSA) is 91.6 Å². The largest absolute Gasteiger partial charge is 0.450 e. The Kier molecular flexibility index (Phi) is 5.96. The van der Waals surface area contributed by atoms with Gasteiger partial charge in [-0.3, -0.25) is 0 Å². The van der Waals surface area contributed by atoms with Gasteiger partial charge in [-0.15, -0.1) is 0 Å². The van der Waals surface area contributed by atoms with E-state index in [0.717, 1.165) is 19.3 Å². The summed E-state index contributed by atoms with van der Waals surface area (Å²) < 4.78 is 35.3. The van der Waals surface area contributed by atoms with Gasteiger partial charge in [-0.25, -0.2) is 18.1 Å². The normalized spacial score (nSPS) is 25.2. The first-order chi connectivity index (χ1) is 15.0. The zero-order valence-electron chi connectivity index (χ0n) is 19.1. The van der Waals surface area contributed by atoms with Crippen molar-refractivity contribution >= 4 is 22.7 Å². The highest BCUT2D eigenvalue weighted by atomic mass is 32.2. The first-order valence-corrected chi connectivity index (χ1v) is 12.3. The number of halogens is 1. The maximum absolute atomic E-state index is 14.1. The molecular formula is C24H31FN2O4S. The zero-order chi connectivity index (χ0) is 23.4. The lowest BCUT2D eigenvalue weighted by Crippen LogP contribution is -2.33. The van der Waals surface area contributed by atoms with Crippen molar-refractivity contribution in [2.45, 2.75) is 82.3 Å². The van der Waals surface area contributed by atoms with Crippen LogP contribution in [0.15, 0.2) is 27.7 Å². The van der Waals surface area contributed by atoms with Crippen LogP contribution in [0.3, 0.4) is 0 Å². The minimum Gasteiger partial charge on any atom is -0.450 e. The van der Waals surface area contributed by atoms with Crippen LogP contribution in [0.2, 0.25) is 0 Å². The van der Waals surface area contributed by atoms with Crippen LogP contribution in [0, 0.1) is 11.7 Å². The molecule has 174 valence electrons. The van der Waals surface area contributed by atoms with Crippen LogP contribution in [0.25, 0.3) is 0 Å². The molecule has 0 aliphatic heterocycles. The minimum atomic E-state index is -1.94. The predicted molar refractivity (Wildman–Crippen MR) is 122 cm³/mol. The molecule has 2 aliphatic carbocycles. The summed E-state index contributed by atoms with van der Waals surface area (Å²) in [5.41, 5.74) is 1.53. The van der Waals surface area contributed by atoms with Crippen molar-refractivity contribution in [3.63, 3.8) is 0 Å². The first-order valence-electron chi connectivity index (χ1n) is 11.2. The second-order valence-corrected chi connectivity index (χ2v) is 10.9. The van der Waals surface area contributed by atoms with E-state index in [9.17, 15) is 18.5 Å². The summed E-state index contributed by atoms with van der Waals surface area (Å²) in [6, 6.07) is 3.77. The molecule has 1 saturated carbocycles. The highest BCUT2D eigenvalue weighted by Gasteiger charge is 2.49. The maximum atomic E-state index is 14.1. The Balaban J connectivity index is 1.56. The predicted octanol–water partition coefficient (Wildman–Crippen LogP) is 5.61. The van der Waals surface area contributed by atoms with E-state index < -0.39 is 22.6 Å². The first kappa shape index (κ1) is 23.0. The van der Waals surface area contributed by atoms with Gasteiger partial charge in [0, 0.05) is 23.2 Å². The van der Waals surface area contributed by atoms with Crippen molar-refractivity contribution in [3.05, 3.63) is 46.5 Å². The molecule has 2 bridgehead atoms. The van der Waals surface area contributed by atoms with Gasteiger partial charge in [-0.1, -0.05) is 27.7 Å². The molecular weight excluding hydrogens is 431 g/mol. The lowest BCUT2D eigenvalue weighted by Gasteiger charge is -2.33. The summed E-state index contributed by atoms with van der Waals surface area (Å²) in [4.78, 5) is 12.7. The Morgan fingerprint density at radius 1 is 1.19 bits per heavy atom. The number of urea groups is 1. The van der Waals surface area contributed by atoms with Gasteiger partial charge in [0.2, 0.25) is 5.09 Å². The highest BCUT2D eigenvalue weighted by molar-refractivity contribution is 7.83. The van der Waals surface area contributed by atoms with E-state index in [0.29, 0.717) is 28.1 Å². The average molecular weight is 463 g/mol.